The van der Waals surface area contributed by atoms with Gasteiger partial charge in [0.25, 0.3) is 0 Å². The van der Waals surface area contributed by atoms with Gasteiger partial charge in [0.1, 0.15) is 18.3 Å². The van der Waals surface area contributed by atoms with Crippen LogP contribution in [0.1, 0.15) is 0 Å². The van der Waals surface area contributed by atoms with Crippen LogP contribution in [0.2, 0.25) is 58.9 Å². The highest BCUT2D eigenvalue weighted by molar-refractivity contribution is 6.70. The van der Waals surface area contributed by atoms with Crippen LogP contribution >= 0.6 is 0 Å². The van der Waals surface area contributed by atoms with Crippen molar-refractivity contribution in [2.75, 3.05) is 6.61 Å². The smallest absolute Gasteiger partial charge is 0.184 e. The van der Waals surface area contributed by atoms with Crippen molar-refractivity contribution >= 4 is 25.0 Å². The minimum absolute atomic E-state index is 0.259. The monoisotopic (exact) mass is 366 g/mol. The van der Waals surface area contributed by atoms with Crippen molar-refractivity contribution in [2.45, 2.75) is 83.5 Å². The Morgan fingerprint density at radius 2 is 1.23 bits per heavy atom. The highest BCUT2D eigenvalue weighted by Gasteiger charge is 2.48. The molecule has 5 nitrogen and oxygen atoms in total. The molecule has 1 fully saturated rings. The second kappa shape index (κ2) is 7.14. The molecule has 8 heteroatoms. The Balaban J connectivity index is 2.87. The Kier molecular flexibility index (Phi) is 6.65. The van der Waals surface area contributed by atoms with Gasteiger partial charge in [0.05, 0.1) is 6.61 Å². The molecule has 0 aliphatic carbocycles. The number of hydrogen-bond acceptors (Lipinski definition) is 5. The third-order valence-corrected chi connectivity index (χ3v) is 5.94. The van der Waals surface area contributed by atoms with Gasteiger partial charge in [0, 0.05) is 0 Å². The molecule has 1 N–H and O–H groups in total. The van der Waals surface area contributed by atoms with Crippen LogP contribution in [-0.2, 0) is 18.0 Å². The van der Waals surface area contributed by atoms with E-state index in [-0.39, 0.29) is 12.2 Å². The van der Waals surface area contributed by atoms with Gasteiger partial charge < -0.3 is 23.1 Å². The summed E-state index contributed by atoms with van der Waals surface area (Å²) in [5, 5.41) is 10.3. The highest BCUT2D eigenvalue weighted by atomic mass is 28.4. The van der Waals surface area contributed by atoms with E-state index in [1.54, 1.807) is 0 Å². The minimum Gasteiger partial charge on any atom is -0.415 e. The van der Waals surface area contributed by atoms with E-state index in [1.165, 1.54) is 0 Å². The highest BCUT2D eigenvalue weighted by Crippen LogP contribution is 2.30. The van der Waals surface area contributed by atoms with Crippen molar-refractivity contribution in [3.63, 3.8) is 0 Å². The summed E-state index contributed by atoms with van der Waals surface area (Å²) in [6, 6.07) is 0. The van der Waals surface area contributed by atoms with Crippen molar-refractivity contribution in [1.82, 2.24) is 0 Å². The Hall–Kier alpha value is 0.451. The first-order valence-electron chi connectivity index (χ1n) is 8.01. The Labute approximate surface area is 138 Å². The van der Waals surface area contributed by atoms with Gasteiger partial charge in [-0.1, -0.05) is 0 Å². The first-order chi connectivity index (χ1) is 9.68. The summed E-state index contributed by atoms with van der Waals surface area (Å²) < 4.78 is 24.1. The van der Waals surface area contributed by atoms with E-state index in [0.717, 1.165) is 0 Å². The molecule has 0 unspecified atom stereocenters. The van der Waals surface area contributed by atoms with E-state index in [9.17, 15) is 5.11 Å². The molecular weight excluding hydrogens is 332 g/mol. The van der Waals surface area contributed by atoms with Crippen LogP contribution in [0.15, 0.2) is 0 Å². The first-order valence-corrected chi connectivity index (χ1v) is 18.2. The van der Waals surface area contributed by atoms with Crippen LogP contribution in [0.3, 0.4) is 0 Å². The SMILES string of the molecule is C[Si](C)(C)OC[C@H]1O[C@H](O)[C@H](O[Si](C)(C)C)[C@@H]1O[Si](C)(C)C. The molecule has 1 aliphatic rings. The largest absolute Gasteiger partial charge is 0.415 e. The lowest BCUT2D eigenvalue weighted by Gasteiger charge is -2.33. The van der Waals surface area contributed by atoms with E-state index >= 15 is 0 Å². The van der Waals surface area contributed by atoms with Crippen LogP contribution in [0.25, 0.3) is 0 Å². The van der Waals surface area contributed by atoms with Crippen LogP contribution in [0, 0.1) is 0 Å². The van der Waals surface area contributed by atoms with E-state index < -0.39 is 37.3 Å². The zero-order chi connectivity index (χ0) is 17.3. The van der Waals surface area contributed by atoms with Crippen molar-refractivity contribution in [3.8, 4) is 0 Å². The Morgan fingerprint density at radius 1 is 0.773 bits per heavy atom. The Bertz CT molecular complexity index is 359. The van der Waals surface area contributed by atoms with Gasteiger partial charge in [0.2, 0.25) is 0 Å². The van der Waals surface area contributed by atoms with Crippen molar-refractivity contribution in [2.24, 2.45) is 0 Å². The van der Waals surface area contributed by atoms with Gasteiger partial charge >= 0.3 is 0 Å². The van der Waals surface area contributed by atoms with Crippen LogP contribution < -0.4 is 0 Å². The zero-order valence-corrected chi connectivity index (χ0v) is 18.6. The molecule has 132 valence electrons. The summed E-state index contributed by atoms with van der Waals surface area (Å²) in [6.07, 6.45) is -1.89. The molecule has 4 atom stereocenters. The molecule has 1 saturated heterocycles. The quantitative estimate of drug-likeness (QED) is 0.702. The number of rotatable bonds is 7. The number of aliphatic hydroxyl groups excluding tert-OH is 1. The summed E-state index contributed by atoms with van der Waals surface area (Å²) in [5.41, 5.74) is 0. The maximum atomic E-state index is 10.3. The third-order valence-electron chi connectivity index (χ3n) is 2.95. The molecule has 0 amide bonds. The van der Waals surface area contributed by atoms with Gasteiger partial charge in [0.15, 0.2) is 31.2 Å². The van der Waals surface area contributed by atoms with Gasteiger partial charge in [-0.25, -0.2) is 0 Å². The summed E-state index contributed by atoms with van der Waals surface area (Å²) in [4.78, 5) is 0. The lowest BCUT2D eigenvalue weighted by atomic mass is 10.1. The topological polar surface area (TPSA) is 57.2 Å². The van der Waals surface area contributed by atoms with Crippen molar-refractivity contribution in [3.05, 3.63) is 0 Å². The lowest BCUT2D eigenvalue weighted by molar-refractivity contribution is -0.128. The second-order valence-corrected chi connectivity index (χ2v) is 22.3. The predicted molar refractivity (Wildman–Crippen MR) is 96.6 cm³/mol. The van der Waals surface area contributed by atoms with Gasteiger partial charge in [-0.15, -0.1) is 0 Å². The van der Waals surface area contributed by atoms with E-state index in [4.69, 9.17) is 18.0 Å². The molecule has 1 rings (SSSR count). The number of ether oxygens (including phenoxy) is 1. The van der Waals surface area contributed by atoms with Crippen LogP contribution in [0.5, 0.6) is 0 Å². The fraction of sp³-hybridized carbons (Fsp3) is 1.00. The molecule has 0 aromatic rings. The van der Waals surface area contributed by atoms with E-state index in [2.05, 4.69) is 58.9 Å². The predicted octanol–water partition coefficient (Wildman–Crippen LogP) is 3.00. The summed E-state index contributed by atoms with van der Waals surface area (Å²) in [7, 11) is -5.23. The van der Waals surface area contributed by atoms with Gasteiger partial charge in [-0.05, 0) is 58.9 Å². The fourth-order valence-corrected chi connectivity index (χ4v) is 5.09. The third kappa shape index (κ3) is 7.35. The summed E-state index contributed by atoms with van der Waals surface area (Å²) in [6.45, 7) is 19.6. The van der Waals surface area contributed by atoms with Gasteiger partial charge in [-0.3, -0.25) is 0 Å². The Morgan fingerprint density at radius 3 is 1.64 bits per heavy atom. The maximum absolute atomic E-state index is 10.3. The molecule has 0 aromatic carbocycles. The average Bonchev–Trinajstić information content (AvgIpc) is 2.49. The minimum atomic E-state index is -1.81. The molecule has 1 aliphatic heterocycles. The number of aliphatic hydroxyl groups is 1. The molecule has 0 aromatic heterocycles. The molecular formula is C14H34O5Si3. The first kappa shape index (κ1) is 20.5. The second-order valence-electron chi connectivity index (χ2n) is 8.88. The maximum Gasteiger partial charge on any atom is 0.184 e. The van der Waals surface area contributed by atoms with Crippen molar-refractivity contribution < 1.29 is 23.1 Å². The normalized spacial score (nSPS) is 30.8. The molecule has 0 spiro atoms. The standard InChI is InChI=1S/C14H34O5Si3/c1-20(2,3)16-10-11-12(18-21(4,5)6)13(14(15)17-11)19-22(7,8)9/h11-15H,10H2,1-9H3/t11-,12-,13-,14+/m1/s1. The average molecular weight is 367 g/mol. The zero-order valence-electron chi connectivity index (χ0n) is 15.6. The molecule has 0 radical (unpaired) electrons. The molecule has 0 saturated carbocycles. The van der Waals surface area contributed by atoms with E-state index in [0.29, 0.717) is 6.61 Å². The van der Waals surface area contributed by atoms with Crippen LogP contribution in [0.4, 0.5) is 0 Å². The van der Waals surface area contributed by atoms with Gasteiger partial charge in [-0.2, -0.15) is 0 Å². The van der Waals surface area contributed by atoms with Crippen molar-refractivity contribution in [1.29, 1.82) is 0 Å². The molecule has 22 heavy (non-hydrogen) atoms. The lowest BCUT2D eigenvalue weighted by Crippen LogP contribution is -2.49. The van der Waals surface area contributed by atoms with E-state index in [1.807, 2.05) is 0 Å². The summed E-state index contributed by atoms with van der Waals surface area (Å²) >= 11 is 0. The fourth-order valence-electron chi connectivity index (χ4n) is 2.26. The molecule has 1 heterocycles. The molecule has 0 bridgehead atoms. The number of hydrogen-bond donors (Lipinski definition) is 1. The summed E-state index contributed by atoms with van der Waals surface area (Å²) in [5.74, 6) is 0. The van der Waals surface area contributed by atoms with Crippen LogP contribution in [-0.4, -0.2) is 61.3 Å².